The van der Waals surface area contributed by atoms with Crippen molar-refractivity contribution in [3.8, 4) is 0 Å². The third kappa shape index (κ3) is 45.9. The van der Waals surface area contributed by atoms with E-state index in [-0.39, 0.29) is 42.7 Å². The summed E-state index contributed by atoms with van der Waals surface area (Å²) in [5.74, 6) is -1.76. The van der Waals surface area contributed by atoms with Gasteiger partial charge in [0.05, 0.1) is 40.3 Å². The van der Waals surface area contributed by atoms with Crippen LogP contribution < -0.4 is 5.11 Å². The van der Waals surface area contributed by atoms with Crippen LogP contribution in [0.5, 0.6) is 0 Å². The van der Waals surface area contributed by atoms with E-state index in [1.807, 2.05) is 0 Å². The van der Waals surface area contributed by atoms with Crippen LogP contribution in [0.15, 0.2) is 72.9 Å². The molecule has 0 spiro atoms. The van der Waals surface area contributed by atoms with E-state index in [4.69, 9.17) is 14.2 Å². The molecular weight excluding hydrogens is 823 g/mol. The topological polar surface area (TPSA) is 102 Å². The molecule has 0 aromatic carbocycles. The van der Waals surface area contributed by atoms with Gasteiger partial charge in [-0.15, -0.1) is 0 Å². The molecule has 0 aliphatic rings. The molecule has 0 saturated carbocycles. The van der Waals surface area contributed by atoms with Crippen molar-refractivity contribution in [2.75, 3.05) is 41.0 Å². The van der Waals surface area contributed by atoms with Crippen LogP contribution in [-0.4, -0.2) is 75.5 Å². The Morgan fingerprint density at radius 2 is 0.848 bits per heavy atom. The number of carbonyl (C=O) groups excluding carboxylic acids is 3. The van der Waals surface area contributed by atoms with Crippen LogP contribution in [0.2, 0.25) is 0 Å². The summed E-state index contributed by atoms with van der Waals surface area (Å²) in [7, 11) is 5.41. The van der Waals surface area contributed by atoms with Crippen LogP contribution >= 0.6 is 0 Å². The van der Waals surface area contributed by atoms with Gasteiger partial charge < -0.3 is 28.6 Å². The van der Waals surface area contributed by atoms with Gasteiger partial charge in [0, 0.05) is 19.3 Å². The Morgan fingerprint density at radius 3 is 1.26 bits per heavy atom. The van der Waals surface area contributed by atoms with Gasteiger partial charge in [0.1, 0.15) is 12.6 Å². The molecule has 2 atom stereocenters. The van der Waals surface area contributed by atoms with Crippen molar-refractivity contribution in [3.63, 3.8) is 0 Å². The van der Waals surface area contributed by atoms with Crippen molar-refractivity contribution in [2.45, 2.75) is 238 Å². The number of likely N-dealkylation sites (N-methyl/N-ethyl adjacent to an activating group) is 1. The number of carbonyl (C=O) groups is 3. The first kappa shape index (κ1) is 62.8. The van der Waals surface area contributed by atoms with E-state index in [2.05, 4.69) is 86.8 Å². The molecule has 0 rings (SSSR count). The lowest BCUT2D eigenvalue weighted by atomic mass is 10.1. The monoisotopic (exact) mass is 924 g/mol. The quantitative estimate of drug-likeness (QED) is 0.0259. The fourth-order valence-corrected chi connectivity index (χ4v) is 7.68. The molecule has 0 saturated heterocycles. The largest absolute Gasteiger partial charge is 0.544 e. The number of allylic oxidation sites excluding steroid dienone is 12. The summed E-state index contributed by atoms with van der Waals surface area (Å²) < 4.78 is 17.2. The van der Waals surface area contributed by atoms with Gasteiger partial charge in [-0.1, -0.05) is 196 Å². The highest BCUT2D eigenvalue weighted by molar-refractivity contribution is 5.70. The number of unbranched alkanes of at least 4 members (excludes halogenated alkanes) is 22. The molecule has 0 aromatic heterocycles. The Hall–Kier alpha value is -3.23. The number of rotatable bonds is 48. The molecule has 0 aliphatic heterocycles. The van der Waals surface area contributed by atoms with Gasteiger partial charge in [0.25, 0.3) is 0 Å². The fraction of sp³-hybridized carbons (Fsp3) is 0.741. The lowest BCUT2D eigenvalue weighted by Crippen LogP contribution is -2.55. The summed E-state index contributed by atoms with van der Waals surface area (Å²) in [4.78, 5) is 37.1. The van der Waals surface area contributed by atoms with Gasteiger partial charge in [0.2, 0.25) is 0 Å². The summed E-state index contributed by atoms with van der Waals surface area (Å²) in [5.41, 5.74) is 0. The summed E-state index contributed by atoms with van der Waals surface area (Å²) in [6.07, 6.45) is 62.2. The van der Waals surface area contributed by atoms with Crippen molar-refractivity contribution in [3.05, 3.63) is 72.9 Å². The molecule has 0 fully saturated rings. The molecule has 0 heterocycles. The van der Waals surface area contributed by atoms with E-state index < -0.39 is 18.1 Å². The van der Waals surface area contributed by atoms with Crippen LogP contribution in [0.3, 0.4) is 0 Å². The van der Waals surface area contributed by atoms with Crippen LogP contribution in [0.4, 0.5) is 0 Å². The number of carboxylic acids is 1. The van der Waals surface area contributed by atoms with Crippen molar-refractivity contribution >= 4 is 17.9 Å². The van der Waals surface area contributed by atoms with Gasteiger partial charge in [0.15, 0.2) is 6.10 Å². The molecule has 380 valence electrons. The second kappa shape index (κ2) is 48.2. The Kier molecular flexibility index (Phi) is 45.9. The maximum absolute atomic E-state index is 12.8. The fourth-order valence-electron chi connectivity index (χ4n) is 7.68. The number of quaternary nitrogens is 1. The first-order valence-electron chi connectivity index (χ1n) is 27.0. The highest BCUT2D eigenvalue weighted by atomic mass is 16.6. The first-order valence-corrected chi connectivity index (χ1v) is 27.0. The zero-order valence-corrected chi connectivity index (χ0v) is 43.3. The lowest BCUT2D eigenvalue weighted by molar-refractivity contribution is -0.889. The average molecular weight is 924 g/mol. The average Bonchev–Trinajstić information content (AvgIpc) is 3.28. The Labute approximate surface area is 406 Å². The molecule has 0 N–H and O–H groups in total. The van der Waals surface area contributed by atoms with Gasteiger partial charge >= 0.3 is 11.9 Å². The number of esters is 2. The lowest BCUT2D eigenvalue weighted by Gasteiger charge is -2.34. The molecular formula is C58H101NO7. The van der Waals surface area contributed by atoms with Gasteiger partial charge in [-0.25, -0.2) is 0 Å². The molecule has 66 heavy (non-hydrogen) atoms. The van der Waals surface area contributed by atoms with E-state index in [0.717, 1.165) is 89.9 Å². The molecule has 0 radical (unpaired) electrons. The maximum Gasteiger partial charge on any atom is 0.306 e. The number of ether oxygens (including phenoxy) is 3. The standard InChI is InChI=1S/C58H101NO7/c1-6-8-10-12-14-16-18-20-22-24-26-27-28-29-31-32-34-36-38-40-42-44-46-48-56(60)65-53-54(52-64-51-50-55(58(62)63)59(3,4)5)66-57(61)49-47-45-43-41-39-37-35-33-30-25-23-21-19-17-15-13-11-9-7-2/h9,11,15,17,21,23,26-27,29-31,33,54-55H,6-8,10,12-14,16,18-20,22,24-25,28,32,34-53H2,1-5H3/b11-9+,17-15+,23-21+,27-26+,31-29+,33-30+. The van der Waals surface area contributed by atoms with E-state index in [9.17, 15) is 19.5 Å². The molecule has 8 nitrogen and oxygen atoms in total. The van der Waals surface area contributed by atoms with E-state index in [1.165, 1.54) is 103 Å². The maximum atomic E-state index is 12.8. The minimum absolute atomic E-state index is 0.0293. The van der Waals surface area contributed by atoms with Crippen molar-refractivity contribution in [2.24, 2.45) is 0 Å². The Morgan fingerprint density at radius 1 is 0.470 bits per heavy atom. The highest BCUT2D eigenvalue weighted by Crippen LogP contribution is 2.15. The number of hydrogen-bond donors (Lipinski definition) is 0. The Balaban J connectivity index is 4.26. The van der Waals surface area contributed by atoms with Crippen LogP contribution in [0, 0.1) is 0 Å². The van der Waals surface area contributed by atoms with Crippen molar-refractivity contribution in [1.82, 2.24) is 0 Å². The van der Waals surface area contributed by atoms with Crippen LogP contribution in [0.25, 0.3) is 0 Å². The summed E-state index contributed by atoms with van der Waals surface area (Å²) in [6, 6.07) is -0.734. The third-order valence-corrected chi connectivity index (χ3v) is 11.8. The molecule has 0 bridgehead atoms. The SMILES string of the molecule is CC/C=C/C/C=C/C/C=C/C/C=C/CCCCCCCCC(=O)OC(COCCC(C(=O)[O-])[N+](C)(C)C)COC(=O)CCCCCCCCC/C=C/C/C=C/CCCCCCCCCCC. The zero-order valence-electron chi connectivity index (χ0n) is 43.3. The predicted molar refractivity (Wildman–Crippen MR) is 277 cm³/mol. The zero-order chi connectivity index (χ0) is 48.4. The number of aliphatic carboxylic acids is 1. The van der Waals surface area contributed by atoms with Crippen LogP contribution in [0.1, 0.15) is 226 Å². The van der Waals surface area contributed by atoms with Gasteiger partial charge in [-0.2, -0.15) is 0 Å². The summed E-state index contributed by atoms with van der Waals surface area (Å²) >= 11 is 0. The smallest absolute Gasteiger partial charge is 0.306 e. The van der Waals surface area contributed by atoms with E-state index >= 15 is 0 Å². The van der Waals surface area contributed by atoms with Gasteiger partial charge in [-0.05, 0) is 83.5 Å². The predicted octanol–water partition coefficient (Wildman–Crippen LogP) is 14.5. The highest BCUT2D eigenvalue weighted by Gasteiger charge is 2.25. The summed E-state index contributed by atoms with van der Waals surface area (Å²) in [6.45, 7) is 4.54. The minimum Gasteiger partial charge on any atom is -0.544 e. The molecule has 8 heteroatoms. The normalized spacial score (nSPS) is 13.4. The summed E-state index contributed by atoms with van der Waals surface area (Å²) in [5, 5.41) is 11.7. The minimum atomic E-state index is -1.13. The third-order valence-electron chi connectivity index (χ3n) is 11.8. The molecule has 2 unspecified atom stereocenters. The second-order valence-corrected chi connectivity index (χ2v) is 19.1. The molecule has 0 aromatic rings. The van der Waals surface area contributed by atoms with Crippen molar-refractivity contribution < 1.29 is 38.2 Å². The number of hydrogen-bond acceptors (Lipinski definition) is 7. The van der Waals surface area contributed by atoms with Gasteiger partial charge in [-0.3, -0.25) is 9.59 Å². The first-order chi connectivity index (χ1) is 32.1. The second-order valence-electron chi connectivity index (χ2n) is 19.1. The van der Waals surface area contributed by atoms with Crippen molar-refractivity contribution in [1.29, 1.82) is 0 Å². The Bertz CT molecular complexity index is 1310. The van der Waals surface area contributed by atoms with E-state index in [1.54, 1.807) is 21.1 Å². The van der Waals surface area contributed by atoms with Crippen LogP contribution in [-0.2, 0) is 28.6 Å². The number of nitrogens with zero attached hydrogens (tertiary/aromatic N) is 1. The molecule has 0 amide bonds. The molecule has 0 aliphatic carbocycles. The number of carboxylic acid groups (broad SMARTS) is 1. The van der Waals surface area contributed by atoms with E-state index in [0.29, 0.717) is 12.8 Å².